The van der Waals surface area contributed by atoms with Gasteiger partial charge in [-0.2, -0.15) is 0 Å². The number of amides is 2. The molecule has 0 radical (unpaired) electrons. The molecule has 0 unspecified atom stereocenters. The molecule has 35 heavy (non-hydrogen) atoms. The average Bonchev–Trinajstić information content (AvgIpc) is 3.54. The average molecular weight is 494 g/mol. The molecular formula is C27H31N3O4S. The molecule has 0 saturated carbocycles. The van der Waals surface area contributed by atoms with Gasteiger partial charge in [0.25, 0.3) is 5.91 Å². The molecule has 4 rings (SSSR count). The second kappa shape index (κ2) is 11.9. The molecular weight excluding hydrogens is 462 g/mol. The fourth-order valence-electron chi connectivity index (χ4n) is 4.28. The molecule has 7 nitrogen and oxygen atoms in total. The number of nitrogens with one attached hydrogen (secondary N) is 2. The zero-order valence-corrected chi connectivity index (χ0v) is 20.9. The normalized spacial score (nSPS) is 15.5. The van der Waals surface area contributed by atoms with E-state index in [4.69, 9.17) is 9.47 Å². The Bertz CT molecular complexity index is 1130. The van der Waals surface area contributed by atoms with Gasteiger partial charge in [-0.3, -0.25) is 14.5 Å². The lowest BCUT2D eigenvalue weighted by Gasteiger charge is -2.23. The summed E-state index contributed by atoms with van der Waals surface area (Å²) in [6.07, 6.45) is 2.13. The van der Waals surface area contributed by atoms with Crippen molar-refractivity contribution in [3.8, 4) is 11.5 Å². The van der Waals surface area contributed by atoms with Crippen LogP contribution in [0.5, 0.6) is 11.5 Å². The van der Waals surface area contributed by atoms with Gasteiger partial charge in [0.1, 0.15) is 11.5 Å². The van der Waals surface area contributed by atoms with Gasteiger partial charge in [-0.25, -0.2) is 0 Å². The molecule has 2 amide bonds. The molecule has 1 aromatic heterocycles. The van der Waals surface area contributed by atoms with Crippen LogP contribution < -0.4 is 20.1 Å². The third-order valence-electron chi connectivity index (χ3n) is 5.82. The molecule has 0 bridgehead atoms. The van der Waals surface area contributed by atoms with Gasteiger partial charge in [-0.05, 0) is 56.8 Å². The first-order chi connectivity index (χ1) is 17.1. The van der Waals surface area contributed by atoms with E-state index in [1.54, 1.807) is 35.6 Å². The molecule has 184 valence electrons. The molecule has 1 saturated heterocycles. The maximum absolute atomic E-state index is 13.0. The molecule has 8 heteroatoms. The molecule has 0 aliphatic carbocycles. The van der Waals surface area contributed by atoms with Crippen LogP contribution in [0, 0.1) is 0 Å². The zero-order valence-electron chi connectivity index (χ0n) is 20.1. The van der Waals surface area contributed by atoms with E-state index in [-0.39, 0.29) is 17.9 Å². The summed E-state index contributed by atoms with van der Waals surface area (Å²) in [7, 11) is 0. The molecule has 2 heterocycles. The Morgan fingerprint density at radius 2 is 1.66 bits per heavy atom. The molecule has 3 aromatic rings. The third-order valence-corrected chi connectivity index (χ3v) is 6.80. The molecule has 2 aromatic carbocycles. The molecule has 1 aliphatic rings. The minimum atomic E-state index is -0.251. The van der Waals surface area contributed by atoms with E-state index in [0.717, 1.165) is 19.4 Å². The monoisotopic (exact) mass is 493 g/mol. The van der Waals surface area contributed by atoms with Gasteiger partial charge < -0.3 is 20.1 Å². The quantitative estimate of drug-likeness (QED) is 0.386. The summed E-state index contributed by atoms with van der Waals surface area (Å²) in [6.45, 7) is 5.75. The summed E-state index contributed by atoms with van der Waals surface area (Å²) < 4.78 is 11.6. The first-order valence-electron chi connectivity index (χ1n) is 12.0. The Morgan fingerprint density at radius 1 is 0.971 bits per heavy atom. The number of hydrogen-bond acceptors (Lipinski definition) is 6. The summed E-state index contributed by atoms with van der Waals surface area (Å²) in [5.74, 6) is 0.578. The Hall–Kier alpha value is -3.36. The van der Waals surface area contributed by atoms with Gasteiger partial charge in [0, 0.05) is 28.6 Å². The maximum Gasteiger partial charge on any atom is 0.255 e. The first kappa shape index (κ1) is 24.8. The summed E-state index contributed by atoms with van der Waals surface area (Å²) in [5, 5.41) is 7.99. The largest absolute Gasteiger partial charge is 0.492 e. The number of benzene rings is 2. The fourth-order valence-corrected chi connectivity index (χ4v) is 5.18. The second-order valence-corrected chi connectivity index (χ2v) is 9.20. The lowest BCUT2D eigenvalue weighted by Crippen LogP contribution is -2.32. The highest BCUT2D eigenvalue weighted by molar-refractivity contribution is 7.10. The molecule has 2 N–H and O–H groups in total. The van der Waals surface area contributed by atoms with Gasteiger partial charge in [-0.1, -0.05) is 24.3 Å². The molecule has 1 aliphatic heterocycles. The van der Waals surface area contributed by atoms with E-state index >= 15 is 0 Å². The smallest absolute Gasteiger partial charge is 0.255 e. The predicted octanol–water partition coefficient (Wildman–Crippen LogP) is 5.57. The summed E-state index contributed by atoms with van der Waals surface area (Å²) in [5.41, 5.74) is 1.54. The van der Waals surface area contributed by atoms with E-state index in [2.05, 4.69) is 33.0 Å². The molecule has 1 atom stereocenters. The Morgan fingerprint density at radius 3 is 2.29 bits per heavy atom. The summed E-state index contributed by atoms with van der Waals surface area (Å²) >= 11 is 1.73. The third kappa shape index (κ3) is 6.21. The number of hydrogen-bond donors (Lipinski definition) is 2. The molecule has 1 fully saturated rings. The minimum Gasteiger partial charge on any atom is -0.492 e. The second-order valence-electron chi connectivity index (χ2n) is 8.22. The summed E-state index contributed by atoms with van der Waals surface area (Å²) in [6, 6.07) is 16.9. The number of thiophene rings is 1. The van der Waals surface area contributed by atoms with Crippen LogP contribution in [0.4, 0.5) is 11.4 Å². The van der Waals surface area contributed by atoms with Crippen molar-refractivity contribution in [1.29, 1.82) is 0 Å². The zero-order chi connectivity index (χ0) is 24.6. The number of carbonyl (C=O) groups is 2. The highest BCUT2D eigenvalue weighted by Gasteiger charge is 2.28. The Labute approximate surface area is 210 Å². The number of likely N-dealkylation sites (tertiary alicyclic amines) is 1. The van der Waals surface area contributed by atoms with Crippen LogP contribution in [-0.2, 0) is 4.79 Å². The van der Waals surface area contributed by atoms with Crippen molar-refractivity contribution >= 4 is 34.5 Å². The van der Waals surface area contributed by atoms with Crippen LogP contribution in [0.25, 0.3) is 0 Å². The van der Waals surface area contributed by atoms with Gasteiger partial charge in [0.15, 0.2) is 0 Å². The highest BCUT2D eigenvalue weighted by Crippen LogP contribution is 2.38. The number of ether oxygens (including phenoxy) is 2. The van der Waals surface area contributed by atoms with Crippen molar-refractivity contribution in [2.45, 2.75) is 32.7 Å². The van der Waals surface area contributed by atoms with E-state index in [9.17, 15) is 9.59 Å². The van der Waals surface area contributed by atoms with Crippen LogP contribution >= 0.6 is 11.3 Å². The van der Waals surface area contributed by atoms with E-state index in [0.29, 0.717) is 48.2 Å². The van der Waals surface area contributed by atoms with E-state index in [1.165, 1.54) is 4.88 Å². The number of nitrogens with zero attached hydrogens (tertiary/aromatic N) is 1. The van der Waals surface area contributed by atoms with E-state index < -0.39 is 0 Å². The van der Waals surface area contributed by atoms with Crippen molar-refractivity contribution < 1.29 is 19.1 Å². The standard InChI is InChI=1S/C27H31N3O4S/c1-3-33-23-17-21(29-27(32)19-10-6-5-7-11-19)24(34-4-2)16-20(23)28-26(31)18-30-14-8-12-22(30)25-13-9-15-35-25/h5-7,9-11,13,15-17,22H,3-4,8,12,14,18H2,1-2H3,(H,28,31)(H,29,32)/t22-/m0/s1. The van der Waals surface area contributed by atoms with E-state index in [1.807, 2.05) is 32.0 Å². The number of rotatable bonds is 10. The fraction of sp³-hybridized carbons (Fsp3) is 0.333. The predicted molar refractivity (Wildman–Crippen MR) is 140 cm³/mol. The van der Waals surface area contributed by atoms with Crippen molar-refractivity contribution in [2.75, 3.05) is 36.9 Å². The highest BCUT2D eigenvalue weighted by atomic mass is 32.1. The van der Waals surface area contributed by atoms with Crippen LogP contribution in [0.15, 0.2) is 60.0 Å². The van der Waals surface area contributed by atoms with Gasteiger partial charge in [0.2, 0.25) is 5.91 Å². The van der Waals surface area contributed by atoms with Gasteiger partial charge >= 0.3 is 0 Å². The Kier molecular flexibility index (Phi) is 8.39. The van der Waals surface area contributed by atoms with Crippen LogP contribution in [0.1, 0.15) is 48.0 Å². The number of carbonyl (C=O) groups excluding carboxylic acids is 2. The van der Waals surface area contributed by atoms with Crippen LogP contribution in [-0.4, -0.2) is 43.0 Å². The van der Waals surface area contributed by atoms with Crippen molar-refractivity contribution in [2.24, 2.45) is 0 Å². The van der Waals surface area contributed by atoms with Crippen LogP contribution in [0.3, 0.4) is 0 Å². The SMILES string of the molecule is CCOc1cc(NC(=O)c2ccccc2)c(OCC)cc1NC(=O)CN1CCC[C@H]1c1cccs1. The first-order valence-corrected chi connectivity index (χ1v) is 12.8. The Balaban J connectivity index is 1.52. The lowest BCUT2D eigenvalue weighted by molar-refractivity contribution is -0.117. The maximum atomic E-state index is 13.0. The van der Waals surface area contributed by atoms with Gasteiger partial charge in [0.05, 0.1) is 31.1 Å². The minimum absolute atomic E-state index is 0.113. The van der Waals surface area contributed by atoms with Gasteiger partial charge in [-0.15, -0.1) is 11.3 Å². The van der Waals surface area contributed by atoms with Crippen molar-refractivity contribution in [3.63, 3.8) is 0 Å². The topological polar surface area (TPSA) is 79.9 Å². The lowest BCUT2D eigenvalue weighted by atomic mass is 10.2. The number of anilines is 2. The van der Waals surface area contributed by atoms with Crippen molar-refractivity contribution in [1.82, 2.24) is 4.90 Å². The molecule has 0 spiro atoms. The van der Waals surface area contributed by atoms with Crippen LogP contribution in [0.2, 0.25) is 0 Å². The van der Waals surface area contributed by atoms with Crippen molar-refractivity contribution in [3.05, 3.63) is 70.4 Å². The summed E-state index contributed by atoms with van der Waals surface area (Å²) in [4.78, 5) is 29.3.